The second kappa shape index (κ2) is 5.58. The maximum atomic E-state index is 10.6. The van der Waals surface area contributed by atoms with Crippen molar-refractivity contribution in [2.45, 2.75) is 33.3 Å². The molecule has 3 rings (SSSR count). The Hall–Kier alpha value is -1.71. The summed E-state index contributed by atoms with van der Waals surface area (Å²) in [6.07, 6.45) is 0.0766. The van der Waals surface area contributed by atoms with E-state index in [-0.39, 0.29) is 0 Å². The molecule has 1 unspecified atom stereocenters. The summed E-state index contributed by atoms with van der Waals surface area (Å²) >= 11 is 1.66. The molecule has 1 atom stereocenters. The van der Waals surface area contributed by atoms with E-state index in [1.54, 1.807) is 11.3 Å². The van der Waals surface area contributed by atoms with Crippen molar-refractivity contribution in [2.75, 3.05) is 0 Å². The lowest BCUT2D eigenvalue weighted by Gasteiger charge is -2.15. The molecule has 0 saturated carbocycles. The number of fused-ring (bicyclic) bond motifs is 1. The molecule has 21 heavy (non-hydrogen) atoms. The van der Waals surface area contributed by atoms with Crippen molar-refractivity contribution < 1.29 is 5.11 Å². The van der Waals surface area contributed by atoms with Crippen LogP contribution in [0.4, 0.5) is 0 Å². The number of thiazole rings is 1. The molecular weight excluding hydrogens is 278 g/mol. The maximum absolute atomic E-state index is 10.6. The lowest BCUT2D eigenvalue weighted by Crippen LogP contribution is -2.05. The number of aromatic nitrogens is 1. The molecule has 2 nitrogen and oxygen atoms in total. The summed E-state index contributed by atoms with van der Waals surface area (Å²) in [5.74, 6) is 0. The molecule has 0 radical (unpaired) electrons. The molecule has 0 aliphatic heterocycles. The van der Waals surface area contributed by atoms with Gasteiger partial charge in [0.2, 0.25) is 0 Å². The lowest BCUT2D eigenvalue weighted by atomic mass is 9.96. The second-order valence-electron chi connectivity index (χ2n) is 5.59. The largest absolute Gasteiger partial charge is 0.388 e. The van der Waals surface area contributed by atoms with E-state index in [1.165, 1.54) is 15.8 Å². The van der Waals surface area contributed by atoms with Crippen LogP contribution in [0.25, 0.3) is 10.2 Å². The number of aliphatic hydroxyl groups excluding tert-OH is 1. The Morgan fingerprint density at radius 3 is 2.52 bits per heavy atom. The summed E-state index contributed by atoms with van der Waals surface area (Å²) < 4.78 is 1.18. The van der Waals surface area contributed by atoms with E-state index < -0.39 is 6.10 Å². The number of aliphatic hydroxyl groups is 1. The molecule has 108 valence electrons. The van der Waals surface area contributed by atoms with Gasteiger partial charge < -0.3 is 5.11 Å². The summed E-state index contributed by atoms with van der Waals surface area (Å²) in [5, 5.41) is 11.5. The molecule has 0 aliphatic rings. The van der Waals surface area contributed by atoms with Gasteiger partial charge >= 0.3 is 0 Å². The third-order valence-electron chi connectivity index (χ3n) is 3.95. The Labute approximate surface area is 129 Å². The van der Waals surface area contributed by atoms with Gasteiger partial charge in [0.25, 0.3) is 0 Å². The van der Waals surface area contributed by atoms with E-state index in [4.69, 9.17) is 0 Å². The highest BCUT2D eigenvalue weighted by Gasteiger charge is 2.15. The predicted molar refractivity (Wildman–Crippen MR) is 88.9 cm³/mol. The van der Waals surface area contributed by atoms with Crippen molar-refractivity contribution in [1.82, 2.24) is 4.98 Å². The minimum absolute atomic E-state index is 0.495. The van der Waals surface area contributed by atoms with Crippen LogP contribution in [0, 0.1) is 20.8 Å². The van der Waals surface area contributed by atoms with E-state index in [1.807, 2.05) is 18.2 Å². The van der Waals surface area contributed by atoms with Crippen molar-refractivity contribution in [2.24, 2.45) is 0 Å². The highest BCUT2D eigenvalue weighted by molar-refractivity contribution is 7.18. The zero-order chi connectivity index (χ0) is 15.0. The van der Waals surface area contributed by atoms with E-state index in [2.05, 4.69) is 44.0 Å². The van der Waals surface area contributed by atoms with Gasteiger partial charge in [-0.1, -0.05) is 24.3 Å². The molecule has 0 amide bonds. The average Bonchev–Trinajstić information content (AvgIpc) is 2.84. The second-order valence-corrected chi connectivity index (χ2v) is 6.70. The monoisotopic (exact) mass is 297 g/mol. The Bertz CT molecular complexity index is 758. The molecule has 0 spiro atoms. The fourth-order valence-electron chi connectivity index (χ4n) is 2.62. The van der Waals surface area contributed by atoms with Crippen molar-refractivity contribution in [1.29, 1.82) is 0 Å². The van der Waals surface area contributed by atoms with Crippen LogP contribution in [0.1, 0.15) is 33.4 Å². The van der Waals surface area contributed by atoms with Gasteiger partial charge in [-0.15, -0.1) is 11.3 Å². The van der Waals surface area contributed by atoms with E-state index >= 15 is 0 Å². The van der Waals surface area contributed by atoms with Gasteiger partial charge in [0.1, 0.15) is 0 Å². The smallest absolute Gasteiger partial charge is 0.0967 e. The molecular formula is C18H19NOS. The van der Waals surface area contributed by atoms with Gasteiger partial charge in [-0.2, -0.15) is 0 Å². The first-order valence-electron chi connectivity index (χ1n) is 7.15. The van der Waals surface area contributed by atoms with Crippen LogP contribution in [-0.4, -0.2) is 10.1 Å². The Morgan fingerprint density at radius 2 is 1.76 bits per heavy atom. The first kappa shape index (κ1) is 14.2. The van der Waals surface area contributed by atoms with Crippen molar-refractivity contribution in [3.8, 4) is 0 Å². The number of aryl methyl sites for hydroxylation is 3. The van der Waals surface area contributed by atoms with Crippen LogP contribution in [0.5, 0.6) is 0 Å². The number of para-hydroxylation sites is 1. The number of benzene rings is 2. The lowest BCUT2D eigenvalue weighted by molar-refractivity contribution is 0.177. The van der Waals surface area contributed by atoms with Crippen LogP contribution >= 0.6 is 11.3 Å². The minimum Gasteiger partial charge on any atom is -0.388 e. The molecule has 1 aromatic heterocycles. The van der Waals surface area contributed by atoms with E-state index in [0.29, 0.717) is 6.42 Å². The number of hydrogen-bond donors (Lipinski definition) is 1. The number of nitrogens with zero attached hydrogens (tertiary/aromatic N) is 1. The third kappa shape index (κ3) is 2.85. The summed E-state index contributed by atoms with van der Waals surface area (Å²) in [6.45, 7) is 6.25. The zero-order valence-corrected chi connectivity index (χ0v) is 13.4. The number of hydrogen-bond acceptors (Lipinski definition) is 3. The van der Waals surface area contributed by atoms with Crippen molar-refractivity contribution >= 4 is 21.6 Å². The van der Waals surface area contributed by atoms with Crippen molar-refractivity contribution in [3.63, 3.8) is 0 Å². The molecule has 1 N–H and O–H groups in total. The maximum Gasteiger partial charge on any atom is 0.0967 e. The molecule has 3 heteroatoms. The minimum atomic E-state index is -0.495. The van der Waals surface area contributed by atoms with Gasteiger partial charge in [0, 0.05) is 6.42 Å². The van der Waals surface area contributed by atoms with Crippen LogP contribution in [-0.2, 0) is 6.42 Å². The fraction of sp³-hybridized carbons (Fsp3) is 0.278. The summed E-state index contributed by atoms with van der Waals surface area (Å²) in [6, 6.07) is 12.4. The van der Waals surface area contributed by atoms with Crippen LogP contribution in [0.15, 0.2) is 36.4 Å². The molecule has 0 fully saturated rings. The van der Waals surface area contributed by atoms with Crippen LogP contribution in [0.2, 0.25) is 0 Å². The summed E-state index contributed by atoms with van der Waals surface area (Å²) in [4.78, 5) is 4.61. The van der Waals surface area contributed by atoms with Gasteiger partial charge in [-0.3, -0.25) is 0 Å². The van der Waals surface area contributed by atoms with Gasteiger partial charge in [0.15, 0.2) is 0 Å². The highest BCUT2D eigenvalue weighted by Crippen LogP contribution is 2.28. The molecule has 2 aromatic carbocycles. The quantitative estimate of drug-likeness (QED) is 0.772. The normalized spacial score (nSPS) is 12.8. The molecule has 3 aromatic rings. The van der Waals surface area contributed by atoms with Crippen LogP contribution in [0.3, 0.4) is 0 Å². The fourth-order valence-corrected chi connectivity index (χ4v) is 3.63. The number of rotatable bonds is 3. The molecule has 1 heterocycles. The van der Waals surface area contributed by atoms with E-state index in [9.17, 15) is 5.11 Å². The first-order valence-corrected chi connectivity index (χ1v) is 7.96. The summed E-state index contributed by atoms with van der Waals surface area (Å²) in [5.41, 5.74) is 5.66. The summed E-state index contributed by atoms with van der Waals surface area (Å²) in [7, 11) is 0. The molecule has 0 aliphatic carbocycles. The molecule has 0 bridgehead atoms. The topological polar surface area (TPSA) is 33.1 Å². The first-order chi connectivity index (χ1) is 10.0. The van der Waals surface area contributed by atoms with E-state index in [0.717, 1.165) is 21.7 Å². The Balaban J connectivity index is 1.89. The van der Waals surface area contributed by atoms with Crippen molar-refractivity contribution in [3.05, 3.63) is 63.7 Å². The zero-order valence-electron chi connectivity index (χ0n) is 12.6. The molecule has 0 saturated heterocycles. The van der Waals surface area contributed by atoms with Crippen LogP contribution < -0.4 is 0 Å². The third-order valence-corrected chi connectivity index (χ3v) is 5.01. The van der Waals surface area contributed by atoms with Gasteiger partial charge in [-0.25, -0.2) is 4.98 Å². The average molecular weight is 297 g/mol. The van der Waals surface area contributed by atoms with Gasteiger partial charge in [-0.05, 0) is 55.2 Å². The van der Waals surface area contributed by atoms with Gasteiger partial charge in [0.05, 0.1) is 21.3 Å². The Kier molecular flexibility index (Phi) is 3.79. The Morgan fingerprint density at radius 1 is 1.05 bits per heavy atom. The standard InChI is InChI=1S/C18H19NOS/c1-11-8-13(3)14(9-12(11)2)16(20)10-18-19-15-6-4-5-7-17(15)21-18/h4-9,16,20H,10H2,1-3H3. The SMILES string of the molecule is Cc1cc(C)c(C(O)Cc2nc3ccccc3s2)cc1C. The highest BCUT2D eigenvalue weighted by atomic mass is 32.1. The predicted octanol–water partition coefficient (Wildman–Crippen LogP) is 4.50.